The Bertz CT molecular complexity index is 1650. The zero-order chi connectivity index (χ0) is 26.6. The van der Waals surface area contributed by atoms with Gasteiger partial charge >= 0.3 is 6.18 Å². The van der Waals surface area contributed by atoms with E-state index in [1.165, 1.54) is 18.1 Å². The molecule has 1 fully saturated rings. The number of aryl methyl sites for hydroxylation is 1. The molecule has 38 heavy (non-hydrogen) atoms. The second kappa shape index (κ2) is 9.05. The molecular formula is C26H23F4N7O. The van der Waals surface area contributed by atoms with Crippen LogP contribution < -0.4 is 4.74 Å². The summed E-state index contributed by atoms with van der Waals surface area (Å²) in [6.07, 6.45) is 0.863. The molecule has 12 heteroatoms. The molecule has 1 aliphatic heterocycles. The zero-order valence-corrected chi connectivity index (χ0v) is 20.6. The van der Waals surface area contributed by atoms with Gasteiger partial charge in [0.1, 0.15) is 17.1 Å². The summed E-state index contributed by atoms with van der Waals surface area (Å²) in [5.74, 6) is -0.00251. The highest BCUT2D eigenvalue weighted by Crippen LogP contribution is 2.38. The predicted octanol–water partition coefficient (Wildman–Crippen LogP) is 5.10. The third-order valence-electron chi connectivity index (χ3n) is 6.87. The number of benzene rings is 2. The number of aromatic nitrogens is 6. The molecule has 6 rings (SSSR count). The van der Waals surface area contributed by atoms with Crippen LogP contribution in [0, 0.1) is 5.82 Å². The first kappa shape index (κ1) is 24.3. The predicted molar refractivity (Wildman–Crippen MR) is 133 cm³/mol. The lowest BCUT2D eigenvalue weighted by Crippen LogP contribution is -2.51. The average Bonchev–Trinajstić information content (AvgIpc) is 3.48. The van der Waals surface area contributed by atoms with Crippen LogP contribution in [-0.4, -0.2) is 67.3 Å². The van der Waals surface area contributed by atoms with Crippen LogP contribution in [0.2, 0.25) is 0 Å². The number of halogens is 4. The lowest BCUT2D eigenvalue weighted by molar-refractivity contribution is -0.157. The summed E-state index contributed by atoms with van der Waals surface area (Å²) in [5.41, 5.74) is 4.23. The Morgan fingerprint density at radius 3 is 2.63 bits per heavy atom. The van der Waals surface area contributed by atoms with E-state index < -0.39 is 18.5 Å². The van der Waals surface area contributed by atoms with Crippen molar-refractivity contribution < 1.29 is 22.3 Å². The summed E-state index contributed by atoms with van der Waals surface area (Å²) in [6, 6.07) is 8.14. The molecular weight excluding hydrogens is 502 g/mol. The summed E-state index contributed by atoms with van der Waals surface area (Å²) in [4.78, 5) is 5.82. The lowest BCUT2D eigenvalue weighted by atomic mass is 9.97. The number of methoxy groups -OCH3 is 1. The molecule has 0 amide bonds. The maximum absolute atomic E-state index is 15.2. The van der Waals surface area contributed by atoms with Gasteiger partial charge in [-0.2, -0.15) is 23.4 Å². The number of nitrogens with zero attached hydrogens (tertiary/aromatic N) is 7. The van der Waals surface area contributed by atoms with Crippen molar-refractivity contribution in [3.8, 4) is 28.0 Å². The highest BCUT2D eigenvalue weighted by atomic mass is 19.4. The standard InChI is InChI=1S/C26H23F4N7O/c1-3-36-14-31-24-20(9-32-33-25(24)36)15-4-5-21(27)18(6-15)19-7-16-10-37(34-22(16)8-23(19)38-2)17-11-35(12-17)13-26(28,29)30/h4-10,14,17H,3,11-13H2,1-2H3. The van der Waals surface area contributed by atoms with Gasteiger partial charge in [-0.15, -0.1) is 5.10 Å². The van der Waals surface area contributed by atoms with E-state index in [-0.39, 0.29) is 19.1 Å². The van der Waals surface area contributed by atoms with Crippen LogP contribution in [0.3, 0.4) is 0 Å². The minimum atomic E-state index is -4.23. The smallest absolute Gasteiger partial charge is 0.401 e. The summed E-state index contributed by atoms with van der Waals surface area (Å²) in [7, 11) is 1.50. The van der Waals surface area contributed by atoms with Crippen molar-refractivity contribution in [2.45, 2.75) is 25.7 Å². The first-order valence-corrected chi connectivity index (χ1v) is 12.1. The summed E-state index contributed by atoms with van der Waals surface area (Å²) in [5, 5.41) is 13.6. The number of ether oxygens (including phenoxy) is 1. The van der Waals surface area contributed by atoms with E-state index in [1.807, 2.05) is 11.5 Å². The Morgan fingerprint density at radius 2 is 1.89 bits per heavy atom. The first-order chi connectivity index (χ1) is 18.2. The highest BCUT2D eigenvalue weighted by Gasteiger charge is 2.38. The third-order valence-corrected chi connectivity index (χ3v) is 6.87. The van der Waals surface area contributed by atoms with Gasteiger partial charge in [0.2, 0.25) is 0 Å². The Morgan fingerprint density at radius 1 is 1.08 bits per heavy atom. The van der Waals surface area contributed by atoms with Crippen molar-refractivity contribution in [2.75, 3.05) is 26.7 Å². The molecule has 1 saturated heterocycles. The van der Waals surface area contributed by atoms with Crippen molar-refractivity contribution in [1.82, 2.24) is 34.4 Å². The normalized spacial score (nSPS) is 14.9. The second-order valence-corrected chi connectivity index (χ2v) is 9.34. The molecule has 0 radical (unpaired) electrons. The van der Waals surface area contributed by atoms with E-state index in [0.717, 1.165) is 16.5 Å². The molecule has 0 atom stereocenters. The van der Waals surface area contributed by atoms with Gasteiger partial charge in [0, 0.05) is 54.0 Å². The number of likely N-dealkylation sites (tertiary alicyclic amines) is 1. The van der Waals surface area contributed by atoms with Crippen LogP contribution in [0.15, 0.2) is 49.1 Å². The summed E-state index contributed by atoms with van der Waals surface area (Å²) < 4.78 is 62.3. The van der Waals surface area contributed by atoms with Crippen LogP contribution in [0.4, 0.5) is 17.6 Å². The Hall–Kier alpha value is -4.06. The number of hydrogen-bond donors (Lipinski definition) is 0. The van der Waals surface area contributed by atoms with E-state index in [9.17, 15) is 13.2 Å². The molecule has 0 spiro atoms. The molecule has 196 valence electrons. The fraction of sp³-hybridized carbons (Fsp3) is 0.308. The van der Waals surface area contributed by atoms with Crippen LogP contribution in [-0.2, 0) is 6.54 Å². The monoisotopic (exact) mass is 525 g/mol. The van der Waals surface area contributed by atoms with Crippen molar-refractivity contribution in [2.24, 2.45) is 0 Å². The molecule has 8 nitrogen and oxygen atoms in total. The number of fused-ring (bicyclic) bond motifs is 2. The van der Waals surface area contributed by atoms with Gasteiger partial charge in [0.25, 0.3) is 0 Å². The molecule has 0 N–H and O–H groups in total. The van der Waals surface area contributed by atoms with Gasteiger partial charge in [0.15, 0.2) is 5.65 Å². The SMILES string of the molecule is CCn1cnc2c(-c3ccc(F)c(-c4cc5cn(C6CN(CC(F)(F)F)C6)nc5cc4OC)c3)cnnc21. The van der Waals surface area contributed by atoms with Crippen LogP contribution in [0.25, 0.3) is 44.3 Å². The molecule has 0 unspecified atom stereocenters. The van der Waals surface area contributed by atoms with Crippen LogP contribution in [0.1, 0.15) is 13.0 Å². The molecule has 2 aromatic carbocycles. The molecule has 5 aromatic rings. The number of rotatable bonds is 6. The van der Waals surface area contributed by atoms with Gasteiger partial charge in [-0.1, -0.05) is 6.07 Å². The quantitative estimate of drug-likeness (QED) is 0.288. The average molecular weight is 526 g/mol. The fourth-order valence-corrected chi connectivity index (χ4v) is 4.95. The topological polar surface area (TPSA) is 73.9 Å². The lowest BCUT2D eigenvalue weighted by Gasteiger charge is -2.39. The van der Waals surface area contributed by atoms with E-state index in [1.54, 1.807) is 47.7 Å². The molecule has 0 saturated carbocycles. The van der Waals surface area contributed by atoms with Gasteiger partial charge < -0.3 is 9.30 Å². The Labute approximate surface area is 214 Å². The second-order valence-electron chi connectivity index (χ2n) is 9.34. The maximum atomic E-state index is 15.2. The van der Waals surface area contributed by atoms with Crippen molar-refractivity contribution in [3.05, 3.63) is 54.9 Å². The zero-order valence-electron chi connectivity index (χ0n) is 20.6. The largest absolute Gasteiger partial charge is 0.496 e. The Kier molecular flexibility index (Phi) is 5.78. The minimum Gasteiger partial charge on any atom is -0.496 e. The Balaban J connectivity index is 1.37. The van der Waals surface area contributed by atoms with Gasteiger partial charge in [0.05, 0.1) is 37.7 Å². The molecule has 3 aromatic heterocycles. The van der Waals surface area contributed by atoms with Gasteiger partial charge in [-0.05, 0) is 30.7 Å². The summed E-state index contributed by atoms with van der Waals surface area (Å²) in [6.45, 7) is 2.26. The van der Waals surface area contributed by atoms with Crippen LogP contribution in [0.5, 0.6) is 5.75 Å². The van der Waals surface area contributed by atoms with Gasteiger partial charge in [-0.3, -0.25) is 9.58 Å². The van der Waals surface area contributed by atoms with Gasteiger partial charge in [-0.25, -0.2) is 9.37 Å². The van der Waals surface area contributed by atoms with Crippen molar-refractivity contribution in [3.63, 3.8) is 0 Å². The fourth-order valence-electron chi connectivity index (χ4n) is 4.95. The van der Waals surface area contributed by atoms with E-state index in [2.05, 4.69) is 20.3 Å². The maximum Gasteiger partial charge on any atom is 0.401 e. The van der Waals surface area contributed by atoms with Crippen LogP contribution >= 0.6 is 0 Å². The van der Waals surface area contributed by atoms with E-state index in [4.69, 9.17) is 4.74 Å². The summed E-state index contributed by atoms with van der Waals surface area (Å²) >= 11 is 0. The molecule has 1 aliphatic rings. The van der Waals surface area contributed by atoms with E-state index in [0.29, 0.717) is 40.1 Å². The first-order valence-electron chi connectivity index (χ1n) is 12.1. The minimum absolute atomic E-state index is 0.163. The molecule has 0 aliphatic carbocycles. The highest BCUT2D eigenvalue weighted by molar-refractivity contribution is 5.92. The van der Waals surface area contributed by atoms with E-state index >= 15 is 4.39 Å². The van der Waals surface area contributed by atoms with Crippen molar-refractivity contribution >= 4 is 22.1 Å². The number of imidazole rings is 1. The molecule has 0 bridgehead atoms. The number of alkyl halides is 3. The molecule has 4 heterocycles. The number of hydrogen-bond acceptors (Lipinski definition) is 6. The third kappa shape index (κ3) is 4.24. The van der Waals surface area contributed by atoms with Crippen molar-refractivity contribution in [1.29, 1.82) is 0 Å².